The Bertz CT molecular complexity index is 2880. The minimum Gasteiger partial charge on any atom is -0.324 e. The van der Waals surface area contributed by atoms with Crippen molar-refractivity contribution in [1.29, 1.82) is 0 Å². The second kappa shape index (κ2) is 13.1. The SMILES string of the molecule is CC1(C)c2ccccc2-c2cc(-c3ccc(-c4ccc5c(c4)C4C=CCCC4C5(C)C)c(C4=NC(c5cccc6ccccc56)N=C(c5ccccc5)N4)c3)ccc21. The van der Waals surface area contributed by atoms with Gasteiger partial charge in [0, 0.05) is 28.0 Å². The molecule has 0 aromatic heterocycles. The highest BCUT2D eigenvalue weighted by Gasteiger charge is 2.45. The smallest absolute Gasteiger partial charge is 0.170 e. The number of benzene rings is 7. The minimum absolute atomic E-state index is 0.0430. The van der Waals surface area contributed by atoms with Crippen LogP contribution in [-0.4, -0.2) is 11.7 Å². The average molecular weight is 750 g/mol. The first-order valence-corrected chi connectivity index (χ1v) is 20.9. The van der Waals surface area contributed by atoms with E-state index in [1.54, 1.807) is 0 Å². The molecule has 3 nitrogen and oxygen atoms in total. The molecule has 3 unspecified atom stereocenters. The Morgan fingerprint density at radius 3 is 2.09 bits per heavy atom. The number of aliphatic imine (C=N–C) groups is 2. The van der Waals surface area contributed by atoms with E-state index in [9.17, 15) is 0 Å². The van der Waals surface area contributed by atoms with Crippen LogP contribution < -0.4 is 5.32 Å². The molecule has 3 atom stereocenters. The Labute approximate surface area is 342 Å². The van der Waals surface area contributed by atoms with E-state index >= 15 is 0 Å². The van der Waals surface area contributed by atoms with Crippen LogP contribution in [-0.2, 0) is 10.8 Å². The summed E-state index contributed by atoms with van der Waals surface area (Å²) in [6.45, 7) is 9.59. The normalized spacial score (nSPS) is 20.7. The van der Waals surface area contributed by atoms with Crippen LogP contribution >= 0.6 is 0 Å². The van der Waals surface area contributed by atoms with E-state index in [1.807, 2.05) is 0 Å². The zero-order valence-corrected chi connectivity index (χ0v) is 33.6. The highest BCUT2D eigenvalue weighted by molar-refractivity contribution is 6.18. The third-order valence-electron chi connectivity index (χ3n) is 13.8. The topological polar surface area (TPSA) is 36.8 Å². The first-order chi connectivity index (χ1) is 28.3. The van der Waals surface area contributed by atoms with Gasteiger partial charge in [0.2, 0.25) is 0 Å². The van der Waals surface area contributed by atoms with Crippen LogP contribution in [0.2, 0.25) is 0 Å². The summed E-state index contributed by atoms with van der Waals surface area (Å²) in [6, 6.07) is 55.8. The predicted molar refractivity (Wildman–Crippen MR) is 242 cm³/mol. The van der Waals surface area contributed by atoms with Gasteiger partial charge in [-0.2, -0.15) is 0 Å². The number of fused-ring (bicyclic) bond motifs is 7. The van der Waals surface area contributed by atoms with Crippen molar-refractivity contribution in [3.05, 3.63) is 203 Å². The van der Waals surface area contributed by atoms with Crippen LogP contribution in [0.4, 0.5) is 0 Å². The van der Waals surface area contributed by atoms with Crippen molar-refractivity contribution >= 4 is 22.4 Å². The molecule has 4 aliphatic rings. The molecule has 0 saturated heterocycles. The van der Waals surface area contributed by atoms with Crippen LogP contribution in [0.15, 0.2) is 174 Å². The van der Waals surface area contributed by atoms with Crippen molar-refractivity contribution in [3.8, 4) is 33.4 Å². The van der Waals surface area contributed by atoms with E-state index < -0.39 is 6.17 Å². The number of nitrogens with one attached hydrogen (secondary N) is 1. The lowest BCUT2D eigenvalue weighted by Crippen LogP contribution is -2.36. The van der Waals surface area contributed by atoms with Crippen molar-refractivity contribution in [2.75, 3.05) is 0 Å². The van der Waals surface area contributed by atoms with E-state index in [4.69, 9.17) is 9.98 Å². The lowest BCUT2D eigenvalue weighted by molar-refractivity contribution is 0.301. The number of allylic oxidation sites excluding steroid dienone is 2. The molecule has 3 heteroatoms. The quantitative estimate of drug-likeness (QED) is 0.175. The molecule has 0 spiro atoms. The van der Waals surface area contributed by atoms with Crippen molar-refractivity contribution < 1.29 is 0 Å². The van der Waals surface area contributed by atoms with Crippen LogP contribution in [0.5, 0.6) is 0 Å². The van der Waals surface area contributed by atoms with Crippen LogP contribution in [0.25, 0.3) is 44.2 Å². The van der Waals surface area contributed by atoms with E-state index in [2.05, 4.69) is 197 Å². The number of rotatable bonds is 5. The van der Waals surface area contributed by atoms with Crippen LogP contribution in [0.3, 0.4) is 0 Å². The van der Waals surface area contributed by atoms with E-state index in [-0.39, 0.29) is 10.8 Å². The summed E-state index contributed by atoms with van der Waals surface area (Å²) < 4.78 is 0. The third kappa shape index (κ3) is 5.40. The van der Waals surface area contributed by atoms with Crippen molar-refractivity contribution in [3.63, 3.8) is 0 Å². The summed E-state index contributed by atoms with van der Waals surface area (Å²) >= 11 is 0. The summed E-state index contributed by atoms with van der Waals surface area (Å²) in [5.74, 6) is 2.71. The molecule has 0 radical (unpaired) electrons. The molecule has 0 saturated carbocycles. The van der Waals surface area contributed by atoms with Crippen molar-refractivity contribution in [1.82, 2.24) is 5.32 Å². The number of amidine groups is 2. The maximum Gasteiger partial charge on any atom is 0.170 e. The van der Waals surface area contributed by atoms with E-state index in [0.717, 1.165) is 45.9 Å². The van der Waals surface area contributed by atoms with Gasteiger partial charge in [-0.15, -0.1) is 0 Å². The zero-order valence-electron chi connectivity index (χ0n) is 33.6. The summed E-state index contributed by atoms with van der Waals surface area (Å²) in [4.78, 5) is 10.9. The van der Waals surface area contributed by atoms with Gasteiger partial charge in [-0.05, 0) is 103 Å². The largest absolute Gasteiger partial charge is 0.324 e. The fourth-order valence-electron chi connectivity index (χ4n) is 10.8. The zero-order chi connectivity index (χ0) is 39.2. The highest BCUT2D eigenvalue weighted by atomic mass is 15.2. The molecule has 0 amide bonds. The van der Waals surface area contributed by atoms with Gasteiger partial charge < -0.3 is 5.32 Å². The van der Waals surface area contributed by atoms with E-state index in [1.165, 1.54) is 61.7 Å². The van der Waals surface area contributed by atoms with Crippen LogP contribution in [0, 0.1) is 5.92 Å². The first kappa shape index (κ1) is 34.9. The fourth-order valence-corrected chi connectivity index (χ4v) is 10.8. The Kier molecular flexibility index (Phi) is 7.89. The van der Waals surface area contributed by atoms with E-state index in [0.29, 0.717) is 11.8 Å². The Morgan fingerprint density at radius 2 is 1.21 bits per heavy atom. The molecular formula is C55H47N3. The second-order valence-corrected chi connectivity index (χ2v) is 17.7. The van der Waals surface area contributed by atoms with Gasteiger partial charge in [0.15, 0.2) is 6.17 Å². The van der Waals surface area contributed by atoms with Gasteiger partial charge in [0.05, 0.1) is 0 Å². The average Bonchev–Trinajstić information content (AvgIpc) is 3.65. The minimum atomic E-state index is -0.429. The fraction of sp³-hybridized carbons (Fsp3) is 0.200. The number of nitrogens with zero attached hydrogens (tertiary/aromatic N) is 2. The molecule has 58 heavy (non-hydrogen) atoms. The maximum atomic E-state index is 5.54. The van der Waals surface area contributed by atoms with Gasteiger partial charge in [0.25, 0.3) is 0 Å². The molecule has 1 aliphatic heterocycles. The van der Waals surface area contributed by atoms with Crippen molar-refractivity contribution in [2.24, 2.45) is 15.9 Å². The Hall–Kier alpha value is -6.32. The lowest BCUT2D eigenvalue weighted by Gasteiger charge is -2.32. The summed E-state index contributed by atoms with van der Waals surface area (Å²) in [5.41, 5.74) is 16.4. The maximum absolute atomic E-state index is 5.54. The van der Waals surface area contributed by atoms with Gasteiger partial charge in [-0.1, -0.05) is 179 Å². The summed E-state index contributed by atoms with van der Waals surface area (Å²) in [7, 11) is 0. The Balaban J connectivity index is 1.11. The monoisotopic (exact) mass is 749 g/mol. The highest BCUT2D eigenvalue weighted by Crippen LogP contribution is 2.55. The molecule has 3 aliphatic carbocycles. The molecule has 11 rings (SSSR count). The Morgan fingerprint density at radius 1 is 0.517 bits per heavy atom. The third-order valence-corrected chi connectivity index (χ3v) is 13.8. The van der Waals surface area contributed by atoms with Gasteiger partial charge >= 0.3 is 0 Å². The molecule has 0 bridgehead atoms. The summed E-state index contributed by atoms with van der Waals surface area (Å²) in [5, 5.41) is 6.14. The molecule has 1 heterocycles. The van der Waals surface area contributed by atoms with Crippen molar-refractivity contribution in [2.45, 2.75) is 63.5 Å². The molecular weight excluding hydrogens is 703 g/mol. The predicted octanol–water partition coefficient (Wildman–Crippen LogP) is 13.3. The summed E-state index contributed by atoms with van der Waals surface area (Å²) in [6.07, 6.45) is 6.85. The van der Waals surface area contributed by atoms with Gasteiger partial charge in [-0.25, -0.2) is 9.98 Å². The molecule has 7 aromatic rings. The van der Waals surface area contributed by atoms with Gasteiger partial charge in [-0.3, -0.25) is 0 Å². The lowest BCUT2D eigenvalue weighted by atomic mass is 9.72. The first-order valence-electron chi connectivity index (χ1n) is 20.9. The number of hydrogen-bond donors (Lipinski definition) is 1. The molecule has 0 fully saturated rings. The second-order valence-electron chi connectivity index (χ2n) is 17.7. The molecule has 1 N–H and O–H groups in total. The van der Waals surface area contributed by atoms with Crippen LogP contribution in [0.1, 0.15) is 91.6 Å². The number of hydrogen-bond acceptors (Lipinski definition) is 3. The molecule has 282 valence electrons. The standard InChI is InChI=1S/C55H47N3/c1-54(2)47-23-12-10-20-41(47)44-31-37(26-29-49(44)54)36-25-28-40(38-27-30-50-45(33-38)42-21-11-13-24-48(42)55(50,3)4)46(32-36)53-57-51(35-16-6-5-7-17-35)56-52(58-53)43-22-14-18-34-15-8-9-19-39(34)43/h5-12,14-23,25-33,42,48,52H,13,24H2,1-4H3,(H,56,57,58). The van der Waals surface area contributed by atoms with Gasteiger partial charge in [0.1, 0.15) is 11.7 Å². The molecule has 7 aromatic carbocycles.